The van der Waals surface area contributed by atoms with Crippen LogP contribution in [0.15, 0.2) is 47.4 Å². The zero-order chi connectivity index (χ0) is 26.7. The molecule has 10 heteroatoms. The minimum atomic E-state index is -3.78. The van der Waals surface area contributed by atoms with E-state index in [0.717, 1.165) is 11.1 Å². The molecule has 2 N–H and O–H groups in total. The summed E-state index contributed by atoms with van der Waals surface area (Å²) in [6, 6.07) is 10.1. The Morgan fingerprint density at radius 2 is 1.73 bits per heavy atom. The first-order valence-corrected chi connectivity index (χ1v) is 14.1. The van der Waals surface area contributed by atoms with Crippen LogP contribution in [0.3, 0.4) is 0 Å². The first-order chi connectivity index (χ1) is 17.6. The molecule has 2 aromatic rings. The van der Waals surface area contributed by atoms with Gasteiger partial charge < -0.3 is 15.0 Å². The molecular weight excluding hydrogens is 497 g/mol. The first kappa shape index (κ1) is 27.1. The van der Waals surface area contributed by atoms with Gasteiger partial charge >= 0.3 is 5.97 Å². The van der Waals surface area contributed by atoms with Crippen LogP contribution in [0.1, 0.15) is 56.2 Å². The molecule has 0 bridgehead atoms. The molecule has 1 heterocycles. The lowest BCUT2D eigenvalue weighted by Crippen LogP contribution is -2.43. The molecule has 0 radical (unpaired) electrons. The van der Waals surface area contributed by atoms with Gasteiger partial charge in [-0.3, -0.25) is 4.79 Å². The second-order valence-corrected chi connectivity index (χ2v) is 11.6. The highest BCUT2D eigenvalue weighted by molar-refractivity contribution is 7.89. The standard InChI is InChI=1S/C27H34FN3O5S/c1-17(18-4-10-21(28)11-5-18)29-26(32)20-6-12-22(13-7-20)30-37(34,35)23-14-8-19-9-15-24(27(33)36-3)31(2)25(19)16-23/h4-5,8,10-11,14,16-17,20,22,24,30H,6-7,9,12-13,15H2,1-3H3,(H,29,32). The average Bonchev–Trinajstić information content (AvgIpc) is 2.88. The van der Waals surface area contributed by atoms with Gasteiger partial charge in [0.05, 0.1) is 18.0 Å². The van der Waals surface area contributed by atoms with Crippen LogP contribution in [0.5, 0.6) is 0 Å². The number of halogens is 1. The van der Waals surface area contributed by atoms with E-state index < -0.39 is 16.1 Å². The molecule has 0 saturated heterocycles. The third kappa shape index (κ3) is 6.13. The molecule has 1 aliphatic heterocycles. The number of rotatable bonds is 7. The van der Waals surface area contributed by atoms with E-state index in [0.29, 0.717) is 44.2 Å². The molecule has 0 aromatic heterocycles. The third-order valence-corrected chi connectivity index (χ3v) is 9.04. The summed E-state index contributed by atoms with van der Waals surface area (Å²) >= 11 is 0. The van der Waals surface area contributed by atoms with Gasteiger partial charge in [0.2, 0.25) is 15.9 Å². The Labute approximate surface area is 217 Å². The number of methoxy groups -OCH3 is 1. The highest BCUT2D eigenvalue weighted by atomic mass is 32.2. The predicted octanol–water partition coefficient (Wildman–Crippen LogP) is 3.46. The van der Waals surface area contributed by atoms with E-state index in [4.69, 9.17) is 4.74 Å². The summed E-state index contributed by atoms with van der Waals surface area (Å²) in [5.41, 5.74) is 2.52. The first-order valence-electron chi connectivity index (χ1n) is 12.6. The molecule has 1 fully saturated rings. The molecule has 8 nitrogen and oxygen atoms in total. The molecule has 200 valence electrons. The molecule has 4 rings (SSSR count). The van der Waals surface area contributed by atoms with E-state index in [9.17, 15) is 22.4 Å². The maximum Gasteiger partial charge on any atom is 0.328 e. The Bertz CT molecular complexity index is 1240. The number of anilines is 1. The summed E-state index contributed by atoms with van der Waals surface area (Å²) in [4.78, 5) is 26.8. The van der Waals surface area contributed by atoms with Crippen molar-refractivity contribution in [3.63, 3.8) is 0 Å². The fraction of sp³-hybridized carbons (Fsp3) is 0.481. The molecule has 2 aromatic carbocycles. The minimum Gasteiger partial charge on any atom is -0.467 e. The zero-order valence-corrected chi connectivity index (χ0v) is 22.2. The number of fused-ring (bicyclic) bond motifs is 1. The number of nitrogens with zero attached hydrogens (tertiary/aromatic N) is 1. The number of aryl methyl sites for hydroxylation is 1. The van der Waals surface area contributed by atoms with Crippen molar-refractivity contribution in [2.45, 2.75) is 68.5 Å². The van der Waals surface area contributed by atoms with E-state index in [1.54, 1.807) is 42.3 Å². The van der Waals surface area contributed by atoms with Gasteiger partial charge in [-0.05, 0) is 80.8 Å². The highest BCUT2D eigenvalue weighted by Crippen LogP contribution is 2.33. The Morgan fingerprint density at radius 1 is 1.05 bits per heavy atom. The van der Waals surface area contributed by atoms with Crippen molar-refractivity contribution in [3.05, 3.63) is 59.4 Å². The largest absolute Gasteiger partial charge is 0.467 e. The van der Waals surface area contributed by atoms with Crippen molar-refractivity contribution in [2.75, 3.05) is 19.1 Å². The van der Waals surface area contributed by atoms with Crippen LogP contribution in [-0.4, -0.2) is 46.5 Å². The quantitative estimate of drug-likeness (QED) is 0.531. The van der Waals surface area contributed by atoms with Gasteiger partial charge in [0, 0.05) is 24.7 Å². The molecule has 1 amide bonds. The van der Waals surface area contributed by atoms with Crippen LogP contribution in [0.25, 0.3) is 0 Å². The smallest absolute Gasteiger partial charge is 0.328 e. The Hall–Kier alpha value is -2.98. The van der Waals surface area contributed by atoms with Crippen LogP contribution < -0.4 is 14.9 Å². The van der Waals surface area contributed by atoms with E-state index >= 15 is 0 Å². The number of carbonyl (C=O) groups is 2. The molecule has 1 saturated carbocycles. The summed E-state index contributed by atoms with van der Waals surface area (Å²) in [7, 11) is -0.662. The third-order valence-electron chi connectivity index (χ3n) is 7.52. The summed E-state index contributed by atoms with van der Waals surface area (Å²) in [5, 5.41) is 2.99. The molecule has 1 aliphatic carbocycles. The number of hydrogen-bond acceptors (Lipinski definition) is 6. The summed E-state index contributed by atoms with van der Waals surface area (Å²) in [6.07, 6.45) is 3.53. The van der Waals surface area contributed by atoms with Crippen molar-refractivity contribution in [3.8, 4) is 0 Å². The molecular formula is C27H34FN3O5S. The highest BCUT2D eigenvalue weighted by Gasteiger charge is 2.33. The zero-order valence-electron chi connectivity index (χ0n) is 21.4. The molecule has 2 atom stereocenters. The topological polar surface area (TPSA) is 105 Å². The van der Waals surface area contributed by atoms with Gasteiger partial charge in [-0.25, -0.2) is 22.3 Å². The number of ether oxygens (including phenoxy) is 1. The van der Waals surface area contributed by atoms with E-state index in [2.05, 4.69) is 10.0 Å². The van der Waals surface area contributed by atoms with Crippen LogP contribution in [0, 0.1) is 11.7 Å². The molecule has 37 heavy (non-hydrogen) atoms. The maximum absolute atomic E-state index is 13.2. The van der Waals surface area contributed by atoms with Crippen molar-refractivity contribution in [1.82, 2.24) is 10.0 Å². The van der Waals surface area contributed by atoms with Crippen LogP contribution in [-0.2, 0) is 30.8 Å². The van der Waals surface area contributed by atoms with Gasteiger partial charge in [0.15, 0.2) is 0 Å². The fourth-order valence-corrected chi connectivity index (χ4v) is 6.57. The molecule has 2 unspecified atom stereocenters. The van der Waals surface area contributed by atoms with Crippen molar-refractivity contribution >= 4 is 27.6 Å². The number of nitrogens with one attached hydrogen (secondary N) is 2. The normalized spacial score (nSPS) is 22.6. The van der Waals surface area contributed by atoms with Gasteiger partial charge in [0.25, 0.3) is 0 Å². The lowest BCUT2D eigenvalue weighted by atomic mass is 9.85. The van der Waals surface area contributed by atoms with Crippen LogP contribution >= 0.6 is 0 Å². The number of carbonyl (C=O) groups excluding carboxylic acids is 2. The van der Waals surface area contributed by atoms with Crippen molar-refractivity contribution in [2.24, 2.45) is 5.92 Å². The Balaban J connectivity index is 1.34. The van der Waals surface area contributed by atoms with E-state index in [1.807, 2.05) is 6.92 Å². The van der Waals surface area contributed by atoms with Gasteiger partial charge in [-0.15, -0.1) is 0 Å². The van der Waals surface area contributed by atoms with Crippen molar-refractivity contribution < 1.29 is 27.1 Å². The number of sulfonamides is 1. The van der Waals surface area contributed by atoms with Gasteiger partial charge in [0.1, 0.15) is 11.9 Å². The number of benzene rings is 2. The number of likely N-dealkylation sites (N-methyl/N-ethyl adjacent to an activating group) is 1. The second-order valence-electron chi connectivity index (χ2n) is 9.93. The summed E-state index contributed by atoms with van der Waals surface area (Å²) < 4.78 is 47.2. The number of hydrogen-bond donors (Lipinski definition) is 2. The van der Waals surface area contributed by atoms with E-state index in [1.165, 1.54) is 19.2 Å². The predicted molar refractivity (Wildman–Crippen MR) is 138 cm³/mol. The van der Waals surface area contributed by atoms with E-state index in [-0.39, 0.29) is 40.6 Å². The Kier molecular flexibility index (Phi) is 8.18. The van der Waals surface area contributed by atoms with Crippen molar-refractivity contribution in [1.29, 1.82) is 0 Å². The lowest BCUT2D eigenvalue weighted by Gasteiger charge is -2.34. The second kappa shape index (κ2) is 11.2. The van der Waals surface area contributed by atoms with Gasteiger partial charge in [-0.2, -0.15) is 0 Å². The number of esters is 1. The lowest BCUT2D eigenvalue weighted by molar-refractivity contribution is -0.142. The SMILES string of the molecule is COC(=O)C1CCc2ccc(S(=O)(=O)NC3CCC(C(=O)NC(C)c4ccc(F)cc4)CC3)cc2N1C. The molecule has 0 spiro atoms. The Morgan fingerprint density at radius 3 is 2.38 bits per heavy atom. The fourth-order valence-electron chi connectivity index (χ4n) is 5.24. The van der Waals surface area contributed by atoms with Crippen LogP contribution in [0.2, 0.25) is 0 Å². The summed E-state index contributed by atoms with van der Waals surface area (Å²) in [5.74, 6) is -0.935. The van der Waals surface area contributed by atoms with Crippen LogP contribution in [0.4, 0.5) is 10.1 Å². The minimum absolute atomic E-state index is 0.0731. The average molecular weight is 532 g/mol. The molecule has 2 aliphatic rings. The monoisotopic (exact) mass is 531 g/mol. The maximum atomic E-state index is 13.2. The summed E-state index contributed by atoms with van der Waals surface area (Å²) in [6.45, 7) is 1.86. The van der Waals surface area contributed by atoms with Gasteiger partial charge in [-0.1, -0.05) is 18.2 Å². The number of amides is 1.